The van der Waals surface area contributed by atoms with Crippen LogP contribution in [0.15, 0.2) is 17.3 Å². The van der Waals surface area contributed by atoms with Crippen LogP contribution in [0.25, 0.3) is 5.69 Å². The fourth-order valence-corrected chi connectivity index (χ4v) is 3.79. The summed E-state index contributed by atoms with van der Waals surface area (Å²) >= 11 is 0.732. The third-order valence-electron chi connectivity index (χ3n) is 4.20. The third kappa shape index (κ3) is 3.51. The number of aliphatic carboxylic acids is 1. The van der Waals surface area contributed by atoms with Crippen molar-refractivity contribution in [1.29, 1.82) is 0 Å². The van der Waals surface area contributed by atoms with Crippen molar-refractivity contribution in [3.63, 3.8) is 0 Å². The van der Waals surface area contributed by atoms with E-state index in [0.29, 0.717) is 12.1 Å². The number of aromatic nitrogens is 3. The lowest BCUT2D eigenvalue weighted by Gasteiger charge is -2.23. The number of halogens is 3. The van der Waals surface area contributed by atoms with Crippen LogP contribution >= 0.6 is 11.8 Å². The first kappa shape index (κ1) is 17.8. The molecular formula is C16H16F3N3O2S. The Bertz CT molecular complexity index is 818. The van der Waals surface area contributed by atoms with Gasteiger partial charge >= 0.3 is 12.1 Å². The number of thioether (sulfide) groups is 1. The Morgan fingerprint density at radius 3 is 2.56 bits per heavy atom. The highest BCUT2D eigenvalue weighted by molar-refractivity contribution is 7.99. The minimum atomic E-state index is -4.68. The van der Waals surface area contributed by atoms with Crippen molar-refractivity contribution in [3.05, 3.63) is 34.6 Å². The van der Waals surface area contributed by atoms with Gasteiger partial charge in [-0.15, -0.1) is 10.2 Å². The van der Waals surface area contributed by atoms with E-state index in [1.54, 1.807) is 12.1 Å². The Hall–Kier alpha value is -2.03. The number of hydrogen-bond donors (Lipinski definition) is 1. The lowest BCUT2D eigenvalue weighted by molar-refractivity contribution is -0.146. The molecule has 1 N–H and O–H groups in total. The standard InChI is InChI=1S/C16H16F3N3O2S/c1-9-6-7-12(11-5-3-2-4-10(9)11)22-14(16(17,18)19)20-21-15(22)25-8-13(23)24/h6-7H,2-5,8H2,1H3,(H,23,24). The topological polar surface area (TPSA) is 68.0 Å². The second-order valence-corrected chi connectivity index (χ2v) is 6.83. The lowest BCUT2D eigenvalue weighted by Crippen LogP contribution is -2.18. The zero-order valence-corrected chi connectivity index (χ0v) is 14.2. The van der Waals surface area contributed by atoms with Crippen molar-refractivity contribution in [1.82, 2.24) is 14.8 Å². The van der Waals surface area contributed by atoms with Gasteiger partial charge in [0, 0.05) is 0 Å². The molecule has 0 saturated heterocycles. The number of carboxylic acids is 1. The largest absolute Gasteiger partial charge is 0.481 e. The smallest absolute Gasteiger partial charge is 0.452 e. The molecule has 0 atom stereocenters. The molecule has 1 aliphatic rings. The van der Waals surface area contributed by atoms with Crippen LogP contribution in [0.3, 0.4) is 0 Å². The maximum atomic E-state index is 13.4. The van der Waals surface area contributed by atoms with Gasteiger partial charge in [0.05, 0.1) is 11.4 Å². The molecule has 134 valence electrons. The van der Waals surface area contributed by atoms with Crippen LogP contribution < -0.4 is 0 Å². The van der Waals surface area contributed by atoms with Gasteiger partial charge in [-0.3, -0.25) is 9.36 Å². The quantitative estimate of drug-likeness (QED) is 0.831. The summed E-state index contributed by atoms with van der Waals surface area (Å²) in [5, 5.41) is 15.6. The van der Waals surface area contributed by atoms with Gasteiger partial charge in [0.25, 0.3) is 0 Å². The van der Waals surface area contributed by atoms with Crippen LogP contribution in [0.4, 0.5) is 13.2 Å². The average Bonchev–Trinajstić information content (AvgIpc) is 2.97. The second kappa shape index (κ2) is 6.70. The molecule has 1 aliphatic carbocycles. The van der Waals surface area contributed by atoms with Crippen LogP contribution in [0.5, 0.6) is 0 Å². The van der Waals surface area contributed by atoms with Gasteiger partial charge in [0.15, 0.2) is 5.16 Å². The monoisotopic (exact) mass is 371 g/mol. The molecule has 0 aliphatic heterocycles. The summed E-state index contributed by atoms with van der Waals surface area (Å²) < 4.78 is 41.2. The molecule has 1 heterocycles. The van der Waals surface area contributed by atoms with Crippen LogP contribution in [-0.4, -0.2) is 31.6 Å². The average molecular weight is 371 g/mol. The van der Waals surface area contributed by atoms with E-state index in [0.717, 1.165) is 52.3 Å². The molecule has 1 aromatic carbocycles. The number of carboxylic acid groups (broad SMARTS) is 1. The first-order valence-corrected chi connectivity index (χ1v) is 8.76. The van der Waals surface area contributed by atoms with Crippen molar-refractivity contribution in [2.24, 2.45) is 0 Å². The van der Waals surface area contributed by atoms with Gasteiger partial charge in [0.2, 0.25) is 5.82 Å². The highest BCUT2D eigenvalue weighted by Gasteiger charge is 2.39. The first-order chi connectivity index (χ1) is 11.8. The van der Waals surface area contributed by atoms with Crippen molar-refractivity contribution in [3.8, 4) is 5.69 Å². The van der Waals surface area contributed by atoms with E-state index in [9.17, 15) is 18.0 Å². The normalized spacial score (nSPS) is 14.4. The summed E-state index contributed by atoms with van der Waals surface area (Å²) in [5.74, 6) is -2.64. The van der Waals surface area contributed by atoms with E-state index in [1.165, 1.54) is 0 Å². The van der Waals surface area contributed by atoms with Gasteiger partial charge in [0.1, 0.15) is 0 Å². The molecule has 1 aromatic heterocycles. The molecule has 5 nitrogen and oxygen atoms in total. The van der Waals surface area contributed by atoms with E-state index >= 15 is 0 Å². The van der Waals surface area contributed by atoms with Gasteiger partial charge in [-0.05, 0) is 55.4 Å². The van der Waals surface area contributed by atoms with Gasteiger partial charge in [-0.2, -0.15) is 13.2 Å². The fraction of sp³-hybridized carbons (Fsp3) is 0.438. The SMILES string of the molecule is Cc1ccc(-n2c(SCC(=O)O)nnc2C(F)(F)F)c2c1CCCC2. The first-order valence-electron chi connectivity index (χ1n) is 7.78. The van der Waals surface area contributed by atoms with E-state index in [-0.39, 0.29) is 10.9 Å². The van der Waals surface area contributed by atoms with Crippen molar-refractivity contribution in [2.75, 3.05) is 5.75 Å². The van der Waals surface area contributed by atoms with Gasteiger partial charge in [-0.25, -0.2) is 0 Å². The predicted octanol–water partition coefficient (Wildman–Crippen LogP) is 3.65. The zero-order valence-electron chi connectivity index (χ0n) is 13.4. The van der Waals surface area contributed by atoms with Gasteiger partial charge < -0.3 is 5.11 Å². The number of carbonyl (C=O) groups is 1. The number of hydrogen-bond acceptors (Lipinski definition) is 4. The molecule has 2 aromatic rings. The number of fused-ring (bicyclic) bond motifs is 1. The highest BCUT2D eigenvalue weighted by Crippen LogP contribution is 2.36. The molecule has 0 bridgehead atoms. The number of benzene rings is 1. The molecule has 0 saturated carbocycles. The van der Waals surface area contributed by atoms with Gasteiger partial charge in [-0.1, -0.05) is 17.8 Å². The van der Waals surface area contributed by atoms with E-state index < -0.39 is 18.0 Å². The summed E-state index contributed by atoms with van der Waals surface area (Å²) in [6.45, 7) is 1.95. The van der Waals surface area contributed by atoms with E-state index in [2.05, 4.69) is 10.2 Å². The molecule has 0 spiro atoms. The minimum Gasteiger partial charge on any atom is -0.481 e. The molecule has 0 fully saturated rings. The van der Waals surface area contributed by atoms with Crippen molar-refractivity contribution < 1.29 is 23.1 Å². The Morgan fingerprint density at radius 1 is 1.24 bits per heavy atom. The molecule has 0 amide bonds. The summed E-state index contributed by atoms with van der Waals surface area (Å²) in [5.41, 5.74) is 3.39. The predicted molar refractivity (Wildman–Crippen MR) is 86.1 cm³/mol. The zero-order chi connectivity index (χ0) is 18.2. The Balaban J connectivity index is 2.18. The molecule has 25 heavy (non-hydrogen) atoms. The Morgan fingerprint density at radius 2 is 1.92 bits per heavy atom. The van der Waals surface area contributed by atoms with E-state index in [4.69, 9.17) is 5.11 Å². The summed E-state index contributed by atoms with van der Waals surface area (Å²) in [7, 11) is 0. The molecule has 0 radical (unpaired) electrons. The summed E-state index contributed by atoms with van der Waals surface area (Å²) in [6.07, 6.45) is -1.25. The third-order valence-corrected chi connectivity index (χ3v) is 5.11. The maximum Gasteiger partial charge on any atom is 0.452 e. The van der Waals surface area contributed by atoms with Crippen LogP contribution in [-0.2, 0) is 23.8 Å². The Kier molecular flexibility index (Phi) is 4.77. The second-order valence-electron chi connectivity index (χ2n) is 5.89. The van der Waals surface area contributed by atoms with Crippen LogP contribution in [0.1, 0.15) is 35.4 Å². The highest BCUT2D eigenvalue weighted by atomic mass is 32.2. The number of rotatable bonds is 4. The maximum absolute atomic E-state index is 13.4. The van der Waals surface area contributed by atoms with Crippen molar-refractivity contribution >= 4 is 17.7 Å². The number of aryl methyl sites for hydroxylation is 1. The molecule has 9 heteroatoms. The van der Waals surface area contributed by atoms with Crippen LogP contribution in [0.2, 0.25) is 0 Å². The van der Waals surface area contributed by atoms with E-state index in [1.807, 2.05) is 6.92 Å². The van der Waals surface area contributed by atoms with Crippen molar-refractivity contribution in [2.45, 2.75) is 43.9 Å². The fourth-order valence-electron chi connectivity index (χ4n) is 3.13. The molecule has 0 unspecified atom stereocenters. The number of alkyl halides is 3. The lowest BCUT2D eigenvalue weighted by atomic mass is 9.87. The minimum absolute atomic E-state index is 0.0636. The Labute approximate surface area is 146 Å². The summed E-state index contributed by atoms with van der Waals surface area (Å²) in [4.78, 5) is 10.8. The molecule has 3 rings (SSSR count). The molecular weight excluding hydrogens is 355 g/mol. The van der Waals surface area contributed by atoms with Crippen LogP contribution in [0, 0.1) is 6.92 Å². The summed E-state index contributed by atoms with van der Waals surface area (Å²) in [6, 6.07) is 3.44. The number of nitrogens with zero attached hydrogens (tertiary/aromatic N) is 3.